The molecule has 2 atom stereocenters. The van der Waals surface area contributed by atoms with Gasteiger partial charge in [-0.3, -0.25) is 0 Å². The molecule has 2 unspecified atom stereocenters. The number of aliphatic hydroxyl groups excluding tert-OH is 1. The van der Waals surface area contributed by atoms with Gasteiger partial charge in [-0.25, -0.2) is 0 Å². The van der Waals surface area contributed by atoms with E-state index in [0.29, 0.717) is 18.0 Å². The fraction of sp³-hybridized carbons (Fsp3) is 0.600. The summed E-state index contributed by atoms with van der Waals surface area (Å²) in [4.78, 5) is 0. The Bertz CT molecular complexity index is 366. The van der Waals surface area contributed by atoms with Gasteiger partial charge in [0.2, 0.25) is 0 Å². The molecule has 1 aliphatic heterocycles. The Morgan fingerprint density at radius 2 is 2.11 bits per heavy atom. The van der Waals surface area contributed by atoms with E-state index in [2.05, 4.69) is 19.2 Å². The molecule has 0 saturated carbocycles. The molecule has 1 aromatic rings. The molecule has 2 N–H and O–H groups in total. The SMILES string of the molecule is CC1(C)CSCC(NCC(O)c2ccccc2)C1. The Hall–Kier alpha value is -0.510. The molecule has 18 heavy (non-hydrogen) atoms. The normalized spacial score (nSPS) is 24.7. The van der Waals surface area contributed by atoms with Crippen LogP contribution in [0.4, 0.5) is 0 Å². The van der Waals surface area contributed by atoms with Crippen molar-refractivity contribution in [2.45, 2.75) is 32.4 Å². The van der Waals surface area contributed by atoms with Crippen LogP contribution in [0.2, 0.25) is 0 Å². The van der Waals surface area contributed by atoms with Gasteiger partial charge in [0.15, 0.2) is 0 Å². The lowest BCUT2D eigenvalue weighted by Gasteiger charge is -2.35. The minimum absolute atomic E-state index is 0.402. The maximum atomic E-state index is 10.1. The number of hydrogen-bond acceptors (Lipinski definition) is 3. The molecular formula is C15H23NOS. The Morgan fingerprint density at radius 3 is 2.78 bits per heavy atom. The van der Waals surface area contributed by atoms with Crippen molar-refractivity contribution in [3.8, 4) is 0 Å². The molecule has 0 aliphatic carbocycles. The molecule has 1 aliphatic rings. The third-order valence-corrected chi connectivity index (χ3v) is 5.02. The van der Waals surface area contributed by atoms with Crippen LogP contribution >= 0.6 is 11.8 Å². The molecule has 1 heterocycles. The molecule has 0 spiro atoms. The molecule has 1 fully saturated rings. The standard InChI is InChI=1S/C15H23NOS/c1-15(2)8-13(10-18-11-15)16-9-14(17)12-6-4-3-5-7-12/h3-7,13-14,16-17H,8-11H2,1-2H3. The van der Waals surface area contributed by atoms with E-state index in [9.17, 15) is 5.11 Å². The quantitative estimate of drug-likeness (QED) is 0.878. The molecule has 2 rings (SSSR count). The second-order valence-corrected chi connectivity index (χ2v) is 6.95. The summed E-state index contributed by atoms with van der Waals surface area (Å²) >= 11 is 2.01. The molecule has 0 amide bonds. The summed E-state index contributed by atoms with van der Waals surface area (Å²) in [7, 11) is 0. The van der Waals surface area contributed by atoms with Gasteiger partial charge in [-0.1, -0.05) is 44.2 Å². The van der Waals surface area contributed by atoms with Gasteiger partial charge in [0.05, 0.1) is 6.10 Å². The van der Waals surface area contributed by atoms with Gasteiger partial charge < -0.3 is 10.4 Å². The van der Waals surface area contributed by atoms with Gasteiger partial charge in [-0.05, 0) is 23.2 Å². The lowest BCUT2D eigenvalue weighted by molar-refractivity contribution is 0.166. The van der Waals surface area contributed by atoms with Crippen LogP contribution in [-0.4, -0.2) is 29.2 Å². The third kappa shape index (κ3) is 4.01. The zero-order valence-electron chi connectivity index (χ0n) is 11.2. The van der Waals surface area contributed by atoms with Crippen molar-refractivity contribution in [2.24, 2.45) is 5.41 Å². The third-order valence-electron chi connectivity index (χ3n) is 3.40. The summed E-state index contributed by atoms with van der Waals surface area (Å²) in [6.45, 7) is 5.29. The highest BCUT2D eigenvalue weighted by atomic mass is 32.2. The van der Waals surface area contributed by atoms with Crippen LogP contribution in [0.5, 0.6) is 0 Å². The maximum Gasteiger partial charge on any atom is 0.0914 e. The fourth-order valence-corrected chi connectivity index (χ4v) is 3.77. The molecular weight excluding hydrogens is 242 g/mol. The molecule has 0 bridgehead atoms. The second kappa shape index (κ2) is 6.09. The van der Waals surface area contributed by atoms with Crippen molar-refractivity contribution in [1.82, 2.24) is 5.32 Å². The number of hydrogen-bond donors (Lipinski definition) is 2. The average Bonchev–Trinajstić information content (AvgIpc) is 2.36. The van der Waals surface area contributed by atoms with Crippen molar-refractivity contribution < 1.29 is 5.11 Å². The zero-order chi connectivity index (χ0) is 13.0. The van der Waals surface area contributed by atoms with Crippen LogP contribution in [-0.2, 0) is 0 Å². The summed E-state index contributed by atoms with van der Waals surface area (Å²) < 4.78 is 0. The summed E-state index contributed by atoms with van der Waals surface area (Å²) in [5.41, 5.74) is 1.41. The summed E-state index contributed by atoms with van der Waals surface area (Å²) in [5, 5.41) is 13.6. The predicted molar refractivity (Wildman–Crippen MR) is 78.9 cm³/mol. The molecule has 100 valence electrons. The highest BCUT2D eigenvalue weighted by molar-refractivity contribution is 7.99. The van der Waals surface area contributed by atoms with Crippen molar-refractivity contribution in [2.75, 3.05) is 18.1 Å². The second-order valence-electron chi connectivity index (χ2n) is 5.92. The van der Waals surface area contributed by atoms with Crippen molar-refractivity contribution in [1.29, 1.82) is 0 Å². The molecule has 0 radical (unpaired) electrons. The lowest BCUT2D eigenvalue weighted by atomic mass is 9.88. The first-order valence-corrected chi connectivity index (χ1v) is 7.76. The van der Waals surface area contributed by atoms with Crippen molar-refractivity contribution in [3.63, 3.8) is 0 Å². The van der Waals surface area contributed by atoms with Crippen LogP contribution in [0.3, 0.4) is 0 Å². The van der Waals surface area contributed by atoms with E-state index in [0.717, 1.165) is 11.3 Å². The van der Waals surface area contributed by atoms with E-state index in [1.54, 1.807) is 0 Å². The molecule has 2 nitrogen and oxygen atoms in total. The smallest absolute Gasteiger partial charge is 0.0914 e. The van der Waals surface area contributed by atoms with Gasteiger partial charge in [0.25, 0.3) is 0 Å². The highest BCUT2D eigenvalue weighted by Crippen LogP contribution is 2.33. The predicted octanol–water partition coefficient (Wildman–Crippen LogP) is 2.84. The van der Waals surface area contributed by atoms with Gasteiger partial charge in [-0.2, -0.15) is 11.8 Å². The van der Waals surface area contributed by atoms with E-state index in [-0.39, 0.29) is 0 Å². The van der Waals surface area contributed by atoms with Gasteiger partial charge in [-0.15, -0.1) is 0 Å². The van der Waals surface area contributed by atoms with Crippen LogP contribution < -0.4 is 5.32 Å². The van der Waals surface area contributed by atoms with Gasteiger partial charge in [0.1, 0.15) is 0 Å². The Morgan fingerprint density at radius 1 is 1.39 bits per heavy atom. The Balaban J connectivity index is 1.81. The van der Waals surface area contributed by atoms with Crippen molar-refractivity contribution in [3.05, 3.63) is 35.9 Å². The van der Waals surface area contributed by atoms with Crippen LogP contribution in [0.1, 0.15) is 31.9 Å². The first-order valence-electron chi connectivity index (χ1n) is 6.61. The van der Waals surface area contributed by atoms with Crippen LogP contribution in [0, 0.1) is 5.41 Å². The summed E-state index contributed by atoms with van der Waals surface area (Å²) in [5.74, 6) is 2.40. The molecule has 0 aromatic heterocycles. The number of aliphatic hydroxyl groups is 1. The van der Waals surface area contributed by atoms with Crippen LogP contribution in [0.25, 0.3) is 0 Å². The fourth-order valence-electron chi connectivity index (χ4n) is 2.46. The Kier molecular flexibility index (Phi) is 4.71. The van der Waals surface area contributed by atoms with E-state index >= 15 is 0 Å². The molecule has 1 saturated heterocycles. The number of thioether (sulfide) groups is 1. The summed E-state index contributed by atoms with van der Waals surface area (Å²) in [6.07, 6.45) is 0.794. The minimum atomic E-state index is -0.402. The van der Waals surface area contributed by atoms with E-state index in [1.807, 2.05) is 42.1 Å². The number of nitrogens with one attached hydrogen (secondary N) is 1. The maximum absolute atomic E-state index is 10.1. The number of rotatable bonds is 4. The molecule has 1 aromatic carbocycles. The van der Waals surface area contributed by atoms with E-state index in [1.165, 1.54) is 12.2 Å². The first kappa shape index (κ1) is 13.9. The largest absolute Gasteiger partial charge is 0.387 e. The average molecular weight is 265 g/mol. The first-order chi connectivity index (χ1) is 8.57. The lowest BCUT2D eigenvalue weighted by Crippen LogP contribution is -2.41. The van der Waals surface area contributed by atoms with Crippen molar-refractivity contribution >= 4 is 11.8 Å². The van der Waals surface area contributed by atoms with Gasteiger partial charge >= 0.3 is 0 Å². The monoisotopic (exact) mass is 265 g/mol. The summed E-state index contributed by atoms with van der Waals surface area (Å²) in [6, 6.07) is 10.4. The number of benzene rings is 1. The topological polar surface area (TPSA) is 32.3 Å². The Labute approximate surface area is 114 Å². The highest BCUT2D eigenvalue weighted by Gasteiger charge is 2.28. The van der Waals surface area contributed by atoms with Gasteiger partial charge in [0, 0.05) is 18.3 Å². The minimum Gasteiger partial charge on any atom is -0.387 e. The van der Waals surface area contributed by atoms with E-state index < -0.39 is 6.10 Å². The molecule has 3 heteroatoms. The zero-order valence-corrected chi connectivity index (χ0v) is 12.0. The van der Waals surface area contributed by atoms with E-state index in [4.69, 9.17) is 0 Å². The van der Waals surface area contributed by atoms with Crippen LogP contribution in [0.15, 0.2) is 30.3 Å².